The molecule has 4 rings (SSSR count). The maximum atomic E-state index is 12.5. The Morgan fingerprint density at radius 2 is 1.94 bits per heavy atom. The predicted molar refractivity (Wildman–Crippen MR) is 127 cm³/mol. The molecule has 0 amide bonds. The Balaban J connectivity index is 1.97. The first-order valence-corrected chi connectivity index (χ1v) is 11.5. The van der Waals surface area contributed by atoms with E-state index in [4.69, 9.17) is 30.5 Å². The van der Waals surface area contributed by atoms with Gasteiger partial charge in [0.2, 0.25) is 0 Å². The average Bonchev–Trinajstić information content (AvgIpc) is 3.21. The van der Waals surface area contributed by atoms with E-state index in [1.807, 2.05) is 54.8 Å². The number of nitrogens with zero attached hydrogens (tertiary/aromatic N) is 3. The molecule has 0 radical (unpaired) electrons. The molecule has 0 saturated heterocycles. The third-order valence-corrected chi connectivity index (χ3v) is 5.94. The molecular weight excluding hydrogens is 458 g/mol. The summed E-state index contributed by atoms with van der Waals surface area (Å²) in [5.41, 5.74) is 2.37. The van der Waals surface area contributed by atoms with Crippen LogP contribution in [0.25, 0.3) is 5.69 Å². The van der Waals surface area contributed by atoms with E-state index in [1.165, 1.54) is 0 Å². The number of methoxy groups -OCH3 is 2. The summed E-state index contributed by atoms with van der Waals surface area (Å²) in [5, 5.41) is 9.43. The number of fused-ring (bicyclic) bond motifs is 3. The Morgan fingerprint density at radius 1 is 1.15 bits per heavy atom. The van der Waals surface area contributed by atoms with Gasteiger partial charge in [-0.1, -0.05) is 37.6 Å². The molecule has 0 bridgehead atoms. The van der Waals surface area contributed by atoms with Crippen molar-refractivity contribution in [3.05, 3.63) is 64.2 Å². The lowest BCUT2D eigenvalue weighted by molar-refractivity contribution is -0.147. The first-order chi connectivity index (χ1) is 16.4. The van der Waals surface area contributed by atoms with Crippen molar-refractivity contribution in [1.29, 1.82) is 0 Å². The highest BCUT2D eigenvalue weighted by molar-refractivity contribution is 6.30. The molecule has 1 aliphatic rings. The number of rotatable bonds is 7. The van der Waals surface area contributed by atoms with Gasteiger partial charge < -0.3 is 18.9 Å². The molecule has 3 aromatic rings. The van der Waals surface area contributed by atoms with Gasteiger partial charge in [-0.15, -0.1) is 10.2 Å². The van der Waals surface area contributed by atoms with Crippen molar-refractivity contribution >= 4 is 17.6 Å². The Hall–Kier alpha value is -3.10. The highest BCUT2D eigenvalue weighted by atomic mass is 35.5. The molecule has 0 saturated carbocycles. The highest BCUT2D eigenvalue weighted by Crippen LogP contribution is 2.46. The van der Waals surface area contributed by atoms with Crippen LogP contribution in [0.15, 0.2) is 36.4 Å². The SMILES string of the molecule is CCOC(=O)C[C@H]1O[C@H](c2cccc(OC)c2OC)c2cc(Cl)ccc2-n2c(C(C)C)nnc21. The normalized spacial score (nSPS) is 17.0. The fourth-order valence-electron chi connectivity index (χ4n) is 4.25. The van der Waals surface area contributed by atoms with Crippen molar-refractivity contribution in [2.45, 2.75) is 45.3 Å². The van der Waals surface area contributed by atoms with Crippen LogP contribution in [0.3, 0.4) is 0 Å². The van der Waals surface area contributed by atoms with E-state index >= 15 is 0 Å². The molecule has 34 heavy (non-hydrogen) atoms. The molecule has 0 aliphatic carbocycles. The highest BCUT2D eigenvalue weighted by Gasteiger charge is 2.37. The summed E-state index contributed by atoms with van der Waals surface area (Å²) >= 11 is 6.45. The van der Waals surface area contributed by atoms with Crippen molar-refractivity contribution in [2.75, 3.05) is 20.8 Å². The fraction of sp³-hybridized carbons (Fsp3) is 0.400. The number of esters is 1. The minimum absolute atomic E-state index is 0.0193. The lowest BCUT2D eigenvalue weighted by atomic mass is 9.98. The van der Waals surface area contributed by atoms with Crippen LogP contribution in [0.1, 0.15) is 68.1 Å². The minimum Gasteiger partial charge on any atom is -0.493 e. The zero-order chi connectivity index (χ0) is 24.4. The maximum absolute atomic E-state index is 12.5. The summed E-state index contributed by atoms with van der Waals surface area (Å²) in [6, 6.07) is 11.2. The van der Waals surface area contributed by atoms with E-state index in [0.717, 1.165) is 22.6 Å². The monoisotopic (exact) mass is 485 g/mol. The molecule has 2 atom stereocenters. The quantitative estimate of drug-likeness (QED) is 0.426. The van der Waals surface area contributed by atoms with E-state index in [2.05, 4.69) is 10.2 Å². The van der Waals surface area contributed by atoms with Gasteiger partial charge >= 0.3 is 5.97 Å². The van der Waals surface area contributed by atoms with Gasteiger partial charge in [0.05, 0.1) is 32.9 Å². The summed E-state index contributed by atoms with van der Waals surface area (Å²) in [5.74, 6) is 2.10. The summed E-state index contributed by atoms with van der Waals surface area (Å²) in [7, 11) is 3.17. The molecule has 9 heteroatoms. The second-order valence-electron chi connectivity index (χ2n) is 8.21. The second kappa shape index (κ2) is 10.0. The summed E-state index contributed by atoms with van der Waals surface area (Å²) in [6.45, 7) is 6.13. The molecular formula is C25H28ClN3O5. The van der Waals surface area contributed by atoms with Crippen molar-refractivity contribution in [2.24, 2.45) is 0 Å². The first-order valence-electron chi connectivity index (χ1n) is 11.2. The molecule has 1 aliphatic heterocycles. The third-order valence-electron chi connectivity index (χ3n) is 5.70. The molecule has 2 aromatic carbocycles. The third kappa shape index (κ3) is 4.35. The number of hydrogen-bond donors (Lipinski definition) is 0. The molecule has 8 nitrogen and oxygen atoms in total. The zero-order valence-corrected chi connectivity index (χ0v) is 20.6. The van der Waals surface area contributed by atoms with Crippen LogP contribution in [-0.4, -0.2) is 41.6 Å². The molecule has 180 valence electrons. The van der Waals surface area contributed by atoms with E-state index < -0.39 is 12.2 Å². The first kappa shape index (κ1) is 24.0. The van der Waals surface area contributed by atoms with Crippen molar-refractivity contribution in [3.63, 3.8) is 0 Å². The number of halogens is 1. The van der Waals surface area contributed by atoms with Crippen LogP contribution in [-0.2, 0) is 14.3 Å². The fourth-order valence-corrected chi connectivity index (χ4v) is 4.43. The number of aromatic nitrogens is 3. The van der Waals surface area contributed by atoms with Crippen LogP contribution in [0.5, 0.6) is 11.5 Å². The van der Waals surface area contributed by atoms with Gasteiger partial charge in [-0.05, 0) is 31.2 Å². The van der Waals surface area contributed by atoms with Gasteiger partial charge in [0, 0.05) is 22.1 Å². The van der Waals surface area contributed by atoms with Gasteiger partial charge in [-0.25, -0.2) is 0 Å². The average molecular weight is 486 g/mol. The van der Waals surface area contributed by atoms with Crippen molar-refractivity contribution in [3.8, 4) is 17.2 Å². The van der Waals surface area contributed by atoms with E-state index in [1.54, 1.807) is 21.1 Å². The van der Waals surface area contributed by atoms with Crippen LogP contribution >= 0.6 is 11.6 Å². The van der Waals surface area contributed by atoms with E-state index in [-0.39, 0.29) is 24.9 Å². The number of carbonyl (C=O) groups excluding carboxylic acids is 1. The number of ether oxygens (including phenoxy) is 4. The van der Waals surface area contributed by atoms with Crippen LogP contribution < -0.4 is 9.47 Å². The number of hydrogen-bond acceptors (Lipinski definition) is 7. The van der Waals surface area contributed by atoms with Crippen LogP contribution in [0.4, 0.5) is 0 Å². The standard InChI is InChI=1S/C25H28ClN3O5/c1-6-33-21(30)13-20-25-28-27-24(14(2)3)29(25)18-11-10-15(26)12-17(18)22(34-20)16-8-7-9-19(31-4)23(16)32-5/h7-12,14,20,22H,6,13H2,1-5H3/t20-,22-/m1/s1. The van der Waals surface area contributed by atoms with E-state index in [9.17, 15) is 4.79 Å². The van der Waals surface area contributed by atoms with Gasteiger partial charge in [-0.3, -0.25) is 9.36 Å². The lowest BCUT2D eigenvalue weighted by Crippen LogP contribution is -2.17. The molecule has 1 aromatic heterocycles. The van der Waals surface area contributed by atoms with Gasteiger partial charge in [-0.2, -0.15) is 0 Å². The van der Waals surface area contributed by atoms with Crippen molar-refractivity contribution < 1.29 is 23.7 Å². The Kier molecular flexibility index (Phi) is 7.09. The number of carbonyl (C=O) groups is 1. The summed E-state index contributed by atoms with van der Waals surface area (Å²) in [4.78, 5) is 12.5. The van der Waals surface area contributed by atoms with E-state index in [0.29, 0.717) is 22.3 Å². The Morgan fingerprint density at radius 3 is 2.62 bits per heavy atom. The molecule has 2 heterocycles. The van der Waals surface area contributed by atoms with Crippen LogP contribution in [0, 0.1) is 0 Å². The molecule has 0 spiro atoms. The molecule has 0 unspecified atom stereocenters. The largest absolute Gasteiger partial charge is 0.493 e. The van der Waals surface area contributed by atoms with Crippen LogP contribution in [0.2, 0.25) is 5.02 Å². The zero-order valence-electron chi connectivity index (χ0n) is 19.9. The Labute approximate surface area is 203 Å². The smallest absolute Gasteiger partial charge is 0.308 e. The molecule has 0 N–H and O–H groups in total. The minimum atomic E-state index is -0.717. The van der Waals surface area contributed by atoms with Crippen molar-refractivity contribution in [1.82, 2.24) is 14.8 Å². The van der Waals surface area contributed by atoms with Gasteiger partial charge in [0.15, 0.2) is 17.3 Å². The summed E-state index contributed by atoms with van der Waals surface area (Å²) < 4.78 is 25.1. The summed E-state index contributed by atoms with van der Waals surface area (Å²) in [6.07, 6.45) is -1.36. The Bertz CT molecular complexity index is 1190. The maximum Gasteiger partial charge on any atom is 0.308 e. The topological polar surface area (TPSA) is 84.7 Å². The van der Waals surface area contributed by atoms with Gasteiger partial charge in [0.1, 0.15) is 18.0 Å². The molecule has 0 fully saturated rings. The second-order valence-corrected chi connectivity index (χ2v) is 8.64. The number of para-hydroxylation sites is 1. The number of benzene rings is 2. The predicted octanol–water partition coefficient (Wildman–Crippen LogP) is 5.18. The lowest BCUT2D eigenvalue weighted by Gasteiger charge is -2.24. The van der Waals surface area contributed by atoms with Gasteiger partial charge in [0.25, 0.3) is 0 Å².